The van der Waals surface area contributed by atoms with Crippen LogP contribution in [0, 0.1) is 11.3 Å². The van der Waals surface area contributed by atoms with Crippen LogP contribution in [0.1, 0.15) is 24.5 Å². The highest BCUT2D eigenvalue weighted by molar-refractivity contribution is 5.75. The highest BCUT2D eigenvalue weighted by atomic mass is 14.3. The summed E-state index contributed by atoms with van der Waals surface area (Å²) in [6, 6.07) is 10.6. The molecule has 0 N–H and O–H groups in total. The molecule has 13 heavy (non-hydrogen) atoms. The Morgan fingerprint density at radius 2 is 2.15 bits per heavy atom. The summed E-state index contributed by atoms with van der Waals surface area (Å²) >= 11 is 0. The van der Waals surface area contributed by atoms with Gasteiger partial charge >= 0.3 is 0 Å². The minimum atomic E-state index is 0.570. The predicted molar refractivity (Wildman–Crippen MR) is 53.0 cm³/mol. The lowest BCUT2D eigenvalue weighted by molar-refractivity contribution is 1.11. The van der Waals surface area contributed by atoms with Gasteiger partial charge in [0.1, 0.15) is 0 Å². The highest BCUT2D eigenvalue weighted by Gasteiger charge is 2.16. The minimum Gasteiger partial charge on any atom is -0.198 e. The SMILES string of the molecule is CC1=C(CC#N)Cc2ccccc21. The van der Waals surface area contributed by atoms with Gasteiger partial charge in [-0.2, -0.15) is 5.26 Å². The van der Waals surface area contributed by atoms with Gasteiger partial charge in [0.2, 0.25) is 0 Å². The number of rotatable bonds is 1. The molecule has 0 saturated heterocycles. The van der Waals surface area contributed by atoms with Gasteiger partial charge in [0.25, 0.3) is 0 Å². The number of nitrogens with zero attached hydrogens (tertiary/aromatic N) is 1. The average molecular weight is 169 g/mol. The van der Waals surface area contributed by atoms with Gasteiger partial charge in [-0.05, 0) is 35.6 Å². The van der Waals surface area contributed by atoms with Crippen molar-refractivity contribution >= 4 is 5.57 Å². The molecule has 1 aliphatic carbocycles. The van der Waals surface area contributed by atoms with Crippen LogP contribution in [0.4, 0.5) is 0 Å². The van der Waals surface area contributed by atoms with Crippen LogP contribution < -0.4 is 0 Å². The van der Waals surface area contributed by atoms with Crippen LogP contribution in [-0.4, -0.2) is 0 Å². The fourth-order valence-electron chi connectivity index (χ4n) is 1.88. The van der Waals surface area contributed by atoms with Crippen LogP contribution >= 0.6 is 0 Å². The zero-order valence-electron chi connectivity index (χ0n) is 7.67. The first-order chi connectivity index (χ1) is 6.33. The number of fused-ring (bicyclic) bond motifs is 1. The molecule has 2 rings (SSSR count). The molecule has 1 aliphatic rings. The number of allylic oxidation sites excluding steroid dienone is 2. The van der Waals surface area contributed by atoms with Gasteiger partial charge in [0.05, 0.1) is 12.5 Å². The molecule has 1 aromatic rings. The zero-order valence-corrected chi connectivity index (χ0v) is 7.67. The Morgan fingerprint density at radius 3 is 2.85 bits per heavy atom. The van der Waals surface area contributed by atoms with Crippen LogP contribution in [0.2, 0.25) is 0 Å². The number of nitriles is 1. The van der Waals surface area contributed by atoms with E-state index in [0.717, 1.165) is 6.42 Å². The third-order valence-electron chi connectivity index (χ3n) is 2.65. The van der Waals surface area contributed by atoms with E-state index in [-0.39, 0.29) is 0 Å². The maximum atomic E-state index is 8.64. The largest absolute Gasteiger partial charge is 0.198 e. The van der Waals surface area contributed by atoms with Crippen molar-refractivity contribution in [2.24, 2.45) is 0 Å². The van der Waals surface area contributed by atoms with Crippen molar-refractivity contribution in [3.8, 4) is 6.07 Å². The Morgan fingerprint density at radius 1 is 1.38 bits per heavy atom. The molecule has 0 radical (unpaired) electrons. The summed E-state index contributed by atoms with van der Waals surface area (Å²) in [5.74, 6) is 0. The van der Waals surface area contributed by atoms with Crippen molar-refractivity contribution in [3.05, 3.63) is 41.0 Å². The molecule has 1 nitrogen and oxygen atoms in total. The molecule has 0 amide bonds. The summed E-state index contributed by atoms with van der Waals surface area (Å²) in [6.07, 6.45) is 1.54. The van der Waals surface area contributed by atoms with Gasteiger partial charge in [-0.3, -0.25) is 0 Å². The lowest BCUT2D eigenvalue weighted by atomic mass is 10.1. The van der Waals surface area contributed by atoms with Crippen LogP contribution in [-0.2, 0) is 6.42 Å². The Balaban J connectivity index is 2.43. The molecule has 64 valence electrons. The monoisotopic (exact) mass is 169 g/mol. The lowest BCUT2D eigenvalue weighted by Crippen LogP contribution is -1.82. The van der Waals surface area contributed by atoms with Crippen molar-refractivity contribution < 1.29 is 0 Å². The van der Waals surface area contributed by atoms with E-state index in [1.807, 2.05) is 0 Å². The molecule has 0 aromatic heterocycles. The topological polar surface area (TPSA) is 23.8 Å². The third kappa shape index (κ3) is 1.25. The molecule has 0 bridgehead atoms. The van der Waals surface area contributed by atoms with E-state index in [2.05, 4.69) is 37.3 Å². The van der Waals surface area contributed by atoms with E-state index in [1.54, 1.807) is 0 Å². The van der Waals surface area contributed by atoms with Crippen molar-refractivity contribution in [1.82, 2.24) is 0 Å². The van der Waals surface area contributed by atoms with E-state index in [9.17, 15) is 0 Å². The van der Waals surface area contributed by atoms with Crippen LogP contribution in [0.3, 0.4) is 0 Å². The van der Waals surface area contributed by atoms with E-state index in [0.29, 0.717) is 6.42 Å². The zero-order chi connectivity index (χ0) is 9.26. The first kappa shape index (κ1) is 8.07. The lowest BCUT2D eigenvalue weighted by Gasteiger charge is -1.97. The van der Waals surface area contributed by atoms with Crippen LogP contribution in [0.25, 0.3) is 5.57 Å². The van der Waals surface area contributed by atoms with Crippen molar-refractivity contribution in [2.75, 3.05) is 0 Å². The van der Waals surface area contributed by atoms with Crippen LogP contribution in [0.5, 0.6) is 0 Å². The normalized spacial score (nSPS) is 14.2. The van der Waals surface area contributed by atoms with Crippen LogP contribution in [0.15, 0.2) is 29.8 Å². The van der Waals surface area contributed by atoms with Gasteiger partial charge in [0.15, 0.2) is 0 Å². The summed E-state index contributed by atoms with van der Waals surface area (Å²) in [5, 5.41) is 8.64. The summed E-state index contributed by atoms with van der Waals surface area (Å²) < 4.78 is 0. The van der Waals surface area contributed by atoms with Gasteiger partial charge in [-0.15, -0.1) is 0 Å². The Bertz CT molecular complexity index is 407. The maximum absolute atomic E-state index is 8.64. The van der Waals surface area contributed by atoms with E-state index in [4.69, 9.17) is 5.26 Å². The first-order valence-corrected chi connectivity index (χ1v) is 4.47. The van der Waals surface area contributed by atoms with Crippen molar-refractivity contribution in [3.63, 3.8) is 0 Å². The molecule has 1 aromatic carbocycles. The molecule has 0 aliphatic heterocycles. The summed E-state index contributed by atoms with van der Waals surface area (Å²) in [4.78, 5) is 0. The van der Waals surface area contributed by atoms with Gasteiger partial charge in [-0.25, -0.2) is 0 Å². The van der Waals surface area contributed by atoms with Gasteiger partial charge in [-0.1, -0.05) is 24.3 Å². The molecule has 0 fully saturated rings. The Hall–Kier alpha value is -1.55. The van der Waals surface area contributed by atoms with Gasteiger partial charge in [0, 0.05) is 0 Å². The summed E-state index contributed by atoms with van der Waals surface area (Å²) in [7, 11) is 0. The number of hydrogen-bond donors (Lipinski definition) is 0. The molecule has 0 spiro atoms. The fraction of sp³-hybridized carbons (Fsp3) is 0.250. The fourth-order valence-corrected chi connectivity index (χ4v) is 1.88. The van der Waals surface area contributed by atoms with Crippen molar-refractivity contribution in [1.29, 1.82) is 5.26 Å². The minimum absolute atomic E-state index is 0.570. The second-order valence-electron chi connectivity index (χ2n) is 3.40. The molecule has 0 atom stereocenters. The molecule has 1 heteroatoms. The predicted octanol–water partition coefficient (Wildman–Crippen LogP) is 2.93. The molecular formula is C12H11N. The average Bonchev–Trinajstić information content (AvgIpc) is 2.46. The molecule has 0 saturated carbocycles. The Labute approximate surface area is 78.3 Å². The molecule has 0 heterocycles. The van der Waals surface area contributed by atoms with E-state index < -0.39 is 0 Å². The quantitative estimate of drug-likeness (QED) is 0.634. The summed E-state index contributed by atoms with van der Waals surface area (Å²) in [5.41, 5.74) is 5.28. The maximum Gasteiger partial charge on any atom is 0.0666 e. The number of hydrogen-bond acceptors (Lipinski definition) is 1. The first-order valence-electron chi connectivity index (χ1n) is 4.47. The second-order valence-corrected chi connectivity index (χ2v) is 3.40. The molecular weight excluding hydrogens is 158 g/mol. The smallest absolute Gasteiger partial charge is 0.0666 e. The van der Waals surface area contributed by atoms with E-state index in [1.165, 1.54) is 22.3 Å². The second kappa shape index (κ2) is 3.06. The van der Waals surface area contributed by atoms with E-state index >= 15 is 0 Å². The Kier molecular flexibility index (Phi) is 1.90. The third-order valence-corrected chi connectivity index (χ3v) is 2.65. The number of benzene rings is 1. The van der Waals surface area contributed by atoms with Crippen molar-refractivity contribution in [2.45, 2.75) is 19.8 Å². The van der Waals surface area contributed by atoms with Gasteiger partial charge < -0.3 is 0 Å². The highest BCUT2D eigenvalue weighted by Crippen LogP contribution is 2.33. The standard InChI is InChI=1S/C12H11N/c1-9-10(6-7-13)8-11-4-2-3-5-12(9)11/h2-5H,6,8H2,1H3. The molecule has 0 unspecified atom stereocenters. The summed E-state index contributed by atoms with van der Waals surface area (Å²) in [6.45, 7) is 2.11.